The van der Waals surface area contributed by atoms with Gasteiger partial charge in [-0.25, -0.2) is 0 Å². The number of aryl methyl sites for hydroxylation is 1. The third-order valence-corrected chi connectivity index (χ3v) is 3.68. The molecule has 23 heavy (non-hydrogen) atoms. The average molecular weight is 305 g/mol. The molecule has 0 aliphatic rings. The van der Waals surface area contributed by atoms with Gasteiger partial charge in [-0.3, -0.25) is 4.99 Å². The lowest BCUT2D eigenvalue weighted by Crippen LogP contribution is -2.01. The Hall–Kier alpha value is -2.81. The number of aliphatic imine (C=N–C) groups is 1. The molecule has 0 bridgehead atoms. The largest absolute Gasteiger partial charge is 0.507 e. The fourth-order valence-corrected chi connectivity index (χ4v) is 2.43. The maximum absolute atomic E-state index is 10.0. The van der Waals surface area contributed by atoms with E-state index in [1.807, 2.05) is 61.5 Å². The van der Waals surface area contributed by atoms with Gasteiger partial charge >= 0.3 is 0 Å². The van der Waals surface area contributed by atoms with Crippen molar-refractivity contribution < 1.29 is 9.84 Å². The number of phenolic OH excluding ortho intramolecular Hbond substituents is 1. The molecule has 0 fully saturated rings. The molecule has 0 aliphatic heterocycles. The van der Waals surface area contributed by atoms with E-state index >= 15 is 0 Å². The SMILES string of the molecule is Cc1ccc(OCCN=Cc2c(O)ccc3ccccc23)cc1. The molecule has 0 aliphatic carbocycles. The second-order valence-electron chi connectivity index (χ2n) is 5.42. The second kappa shape index (κ2) is 6.97. The van der Waals surface area contributed by atoms with Gasteiger partial charge in [-0.1, -0.05) is 48.0 Å². The molecule has 0 heterocycles. The highest BCUT2D eigenvalue weighted by Crippen LogP contribution is 2.25. The summed E-state index contributed by atoms with van der Waals surface area (Å²) < 4.78 is 5.64. The van der Waals surface area contributed by atoms with Crippen LogP contribution in [0.25, 0.3) is 10.8 Å². The highest BCUT2D eigenvalue weighted by Gasteiger charge is 2.03. The van der Waals surface area contributed by atoms with Gasteiger partial charge in [0, 0.05) is 11.8 Å². The van der Waals surface area contributed by atoms with Crippen molar-refractivity contribution in [3.8, 4) is 11.5 Å². The van der Waals surface area contributed by atoms with Crippen LogP contribution in [0, 0.1) is 6.92 Å². The van der Waals surface area contributed by atoms with E-state index in [0.29, 0.717) is 13.2 Å². The smallest absolute Gasteiger partial charge is 0.124 e. The third kappa shape index (κ3) is 3.69. The van der Waals surface area contributed by atoms with Gasteiger partial charge in [-0.05, 0) is 35.9 Å². The van der Waals surface area contributed by atoms with E-state index in [1.54, 1.807) is 12.3 Å². The molecule has 116 valence electrons. The Balaban J connectivity index is 1.64. The predicted molar refractivity (Wildman–Crippen MR) is 94.7 cm³/mol. The summed E-state index contributed by atoms with van der Waals surface area (Å²) in [6.45, 7) is 3.09. The molecule has 3 nitrogen and oxygen atoms in total. The average Bonchev–Trinajstić information content (AvgIpc) is 2.58. The van der Waals surface area contributed by atoms with Crippen LogP contribution in [0.15, 0.2) is 65.7 Å². The summed E-state index contributed by atoms with van der Waals surface area (Å²) in [5, 5.41) is 12.1. The van der Waals surface area contributed by atoms with Gasteiger partial charge in [0.15, 0.2) is 0 Å². The molecule has 0 unspecified atom stereocenters. The van der Waals surface area contributed by atoms with Crippen LogP contribution >= 0.6 is 0 Å². The number of rotatable bonds is 5. The summed E-state index contributed by atoms with van der Waals surface area (Å²) in [7, 11) is 0. The van der Waals surface area contributed by atoms with Crippen LogP contribution in [-0.2, 0) is 0 Å². The Morgan fingerprint density at radius 1 is 1.00 bits per heavy atom. The molecule has 0 atom stereocenters. The van der Waals surface area contributed by atoms with Crippen LogP contribution in [-0.4, -0.2) is 24.5 Å². The summed E-state index contributed by atoms with van der Waals surface area (Å²) in [5.41, 5.74) is 1.96. The van der Waals surface area contributed by atoms with E-state index in [9.17, 15) is 5.11 Å². The summed E-state index contributed by atoms with van der Waals surface area (Å²) in [6.07, 6.45) is 1.72. The minimum atomic E-state index is 0.243. The van der Waals surface area contributed by atoms with Gasteiger partial charge in [-0.15, -0.1) is 0 Å². The molecular weight excluding hydrogens is 286 g/mol. The van der Waals surface area contributed by atoms with Crippen LogP contribution in [0.3, 0.4) is 0 Å². The maximum atomic E-state index is 10.0. The molecule has 0 amide bonds. The van der Waals surface area contributed by atoms with Crippen molar-refractivity contribution >= 4 is 17.0 Å². The molecule has 0 saturated heterocycles. The van der Waals surface area contributed by atoms with Gasteiger partial charge in [-0.2, -0.15) is 0 Å². The van der Waals surface area contributed by atoms with Gasteiger partial charge in [0.25, 0.3) is 0 Å². The lowest BCUT2D eigenvalue weighted by atomic mass is 10.0. The highest BCUT2D eigenvalue weighted by atomic mass is 16.5. The van der Waals surface area contributed by atoms with E-state index in [-0.39, 0.29) is 5.75 Å². The number of ether oxygens (including phenoxy) is 1. The zero-order valence-corrected chi connectivity index (χ0v) is 13.1. The lowest BCUT2D eigenvalue weighted by Gasteiger charge is -2.06. The molecule has 0 spiro atoms. The molecule has 1 N–H and O–H groups in total. The number of benzene rings is 3. The van der Waals surface area contributed by atoms with Crippen LogP contribution in [0.5, 0.6) is 11.5 Å². The first-order chi connectivity index (χ1) is 11.2. The van der Waals surface area contributed by atoms with Crippen molar-refractivity contribution in [3.05, 3.63) is 71.8 Å². The van der Waals surface area contributed by atoms with Crippen molar-refractivity contribution in [1.82, 2.24) is 0 Å². The Morgan fingerprint density at radius 3 is 2.61 bits per heavy atom. The number of phenols is 1. The quantitative estimate of drug-likeness (QED) is 0.562. The first kappa shape index (κ1) is 15.1. The molecule has 3 aromatic rings. The zero-order chi connectivity index (χ0) is 16.1. The Kier molecular flexibility index (Phi) is 4.57. The van der Waals surface area contributed by atoms with Gasteiger partial charge in [0.05, 0.1) is 6.54 Å². The first-order valence-corrected chi connectivity index (χ1v) is 7.64. The van der Waals surface area contributed by atoms with Crippen molar-refractivity contribution in [1.29, 1.82) is 0 Å². The van der Waals surface area contributed by atoms with E-state index in [1.165, 1.54) is 5.56 Å². The topological polar surface area (TPSA) is 41.8 Å². The standard InChI is InChI=1S/C20H19NO2/c1-15-6-9-17(10-7-15)23-13-12-21-14-19-18-5-3-2-4-16(18)8-11-20(19)22/h2-11,14,22H,12-13H2,1H3. The minimum absolute atomic E-state index is 0.243. The third-order valence-electron chi connectivity index (χ3n) is 3.68. The van der Waals surface area contributed by atoms with Crippen molar-refractivity contribution in [3.63, 3.8) is 0 Å². The number of hydrogen-bond acceptors (Lipinski definition) is 3. The predicted octanol–water partition coefficient (Wildman–Crippen LogP) is 4.35. The fraction of sp³-hybridized carbons (Fsp3) is 0.150. The van der Waals surface area contributed by atoms with Crippen molar-refractivity contribution in [2.75, 3.05) is 13.2 Å². The Labute approximate surface area is 135 Å². The normalized spacial score (nSPS) is 11.2. The number of hydrogen-bond donors (Lipinski definition) is 1. The van der Waals surface area contributed by atoms with Crippen LogP contribution in [0.4, 0.5) is 0 Å². The van der Waals surface area contributed by atoms with E-state index in [0.717, 1.165) is 22.1 Å². The van der Waals surface area contributed by atoms with E-state index in [4.69, 9.17) is 4.74 Å². The first-order valence-electron chi connectivity index (χ1n) is 7.64. The Morgan fingerprint density at radius 2 is 1.78 bits per heavy atom. The van der Waals surface area contributed by atoms with Crippen LogP contribution in [0.1, 0.15) is 11.1 Å². The molecule has 3 aromatic carbocycles. The van der Waals surface area contributed by atoms with Gasteiger partial charge < -0.3 is 9.84 Å². The molecule has 0 saturated carbocycles. The number of fused-ring (bicyclic) bond motifs is 1. The van der Waals surface area contributed by atoms with E-state index in [2.05, 4.69) is 4.99 Å². The van der Waals surface area contributed by atoms with Crippen LogP contribution in [0.2, 0.25) is 0 Å². The summed E-state index contributed by atoms with van der Waals surface area (Å²) in [5.74, 6) is 1.09. The lowest BCUT2D eigenvalue weighted by molar-refractivity contribution is 0.329. The molecule has 0 radical (unpaired) electrons. The minimum Gasteiger partial charge on any atom is -0.507 e. The number of aromatic hydroxyl groups is 1. The van der Waals surface area contributed by atoms with Gasteiger partial charge in [0.1, 0.15) is 18.1 Å². The summed E-state index contributed by atoms with van der Waals surface area (Å²) >= 11 is 0. The van der Waals surface area contributed by atoms with E-state index < -0.39 is 0 Å². The fourth-order valence-electron chi connectivity index (χ4n) is 2.43. The summed E-state index contributed by atoms with van der Waals surface area (Å²) in [4.78, 5) is 4.38. The highest BCUT2D eigenvalue weighted by molar-refractivity contribution is 6.02. The van der Waals surface area contributed by atoms with Crippen LogP contribution < -0.4 is 4.74 Å². The molecular formula is C20H19NO2. The van der Waals surface area contributed by atoms with Crippen molar-refractivity contribution in [2.24, 2.45) is 4.99 Å². The molecule has 3 heteroatoms. The molecule has 0 aromatic heterocycles. The van der Waals surface area contributed by atoms with Gasteiger partial charge in [0.2, 0.25) is 0 Å². The number of nitrogens with zero attached hydrogens (tertiary/aromatic N) is 1. The van der Waals surface area contributed by atoms with Crippen molar-refractivity contribution in [2.45, 2.75) is 6.92 Å². The monoisotopic (exact) mass is 305 g/mol. The maximum Gasteiger partial charge on any atom is 0.124 e. The zero-order valence-electron chi connectivity index (χ0n) is 13.1. The second-order valence-corrected chi connectivity index (χ2v) is 5.42. The molecule has 3 rings (SSSR count). The summed E-state index contributed by atoms with van der Waals surface area (Å²) in [6, 6.07) is 19.5. The Bertz CT molecular complexity index is 823.